The molecule has 0 saturated carbocycles. The van der Waals surface area contributed by atoms with Crippen molar-refractivity contribution in [2.45, 2.75) is 0 Å². The zero-order valence-corrected chi connectivity index (χ0v) is 23.4. The van der Waals surface area contributed by atoms with E-state index in [1.807, 2.05) is 0 Å². The molecule has 0 N–H and O–H groups in total. The summed E-state index contributed by atoms with van der Waals surface area (Å²) in [5.41, 5.74) is 0. The molecule has 0 bridgehead atoms. The summed E-state index contributed by atoms with van der Waals surface area (Å²) in [7, 11) is -5.17. The molecule has 0 aliphatic carbocycles. The van der Waals surface area contributed by atoms with Gasteiger partial charge in [-0.15, -0.1) is 0 Å². The Hall–Kier alpha value is 2.96. The fraction of sp³-hybridized carbons (Fsp3) is 0. The van der Waals surface area contributed by atoms with Crippen LogP contribution in [0.4, 0.5) is 0 Å². The van der Waals surface area contributed by atoms with E-state index in [2.05, 4.69) is 0 Å². The molecule has 12 heteroatoms. The predicted molar refractivity (Wildman–Crippen MR) is 38.3 cm³/mol. The minimum atomic E-state index is -5.17. The van der Waals surface area contributed by atoms with E-state index in [1.54, 1.807) is 0 Å². The van der Waals surface area contributed by atoms with Crippen LogP contribution >= 0.6 is 0 Å². The summed E-state index contributed by atoms with van der Waals surface area (Å²) in [6.07, 6.45) is 0. The third-order valence-corrected chi connectivity index (χ3v) is 0. The van der Waals surface area contributed by atoms with Gasteiger partial charge in [0.15, 0.2) is 0 Å². The Kier molecular flexibility index (Phi) is 71.5. The fourth-order valence-electron chi connectivity index (χ4n) is 0. The fourth-order valence-corrected chi connectivity index (χ4v) is 0. The molecular weight excluding hydrogens is 973 g/mol. The van der Waals surface area contributed by atoms with Crippen molar-refractivity contribution in [3.63, 3.8) is 0 Å². The van der Waals surface area contributed by atoms with Gasteiger partial charge in [-0.3, -0.25) is 8.42 Å². The zero-order chi connectivity index (χ0) is 10.5. The monoisotopic (exact) mass is 978 g/mol. The van der Waals surface area contributed by atoms with Crippen LogP contribution in [0.15, 0.2) is 0 Å². The van der Waals surface area contributed by atoms with Gasteiger partial charge in [-0.2, -0.15) is 0 Å². The van der Waals surface area contributed by atoms with Crippen molar-refractivity contribution in [2.75, 3.05) is 0 Å². The number of hydrogen-bond donors (Lipinski definition) is 0. The molecule has 0 unspecified atom stereocenters. The molecule has 12 heavy (non-hydrogen) atoms. The van der Waals surface area contributed by atoms with Crippen LogP contribution in [0.2, 0.25) is 0 Å². The van der Waals surface area contributed by atoms with Crippen LogP contribution in [0.25, 0.3) is 0 Å². The van der Waals surface area contributed by atoms with Crippen LogP contribution in [0.1, 0.15) is 0 Å². The van der Waals surface area contributed by atoms with Gasteiger partial charge in [0.05, 0.1) is 0 Å². The molecule has 0 spiro atoms. The molecule has 6 radical (unpaired) electrons. The van der Waals surface area contributed by atoms with Gasteiger partial charge in [0.25, 0.3) is 0 Å². The van der Waals surface area contributed by atoms with Gasteiger partial charge in [0, 0.05) is 10.4 Å². The third-order valence-electron chi connectivity index (χ3n) is 0. The van der Waals surface area contributed by atoms with E-state index in [0.717, 1.165) is 0 Å². The molecule has 0 aromatic heterocycles. The number of rotatable bonds is 0. The SMILES string of the molecule is O=S(=O)([O-])[O-].[O]=[Pb].[O]=[Pb].[O]=[Pb].[PbH2+2]. The summed E-state index contributed by atoms with van der Waals surface area (Å²) < 4.78 is 59.2. The molecule has 7 nitrogen and oxygen atoms in total. The summed E-state index contributed by atoms with van der Waals surface area (Å²) in [5, 5.41) is 0. The van der Waals surface area contributed by atoms with Crippen molar-refractivity contribution in [1.82, 2.24) is 0 Å². The summed E-state index contributed by atoms with van der Waals surface area (Å²) in [5.74, 6) is 0. The molecule has 0 heterocycles. The summed E-state index contributed by atoms with van der Waals surface area (Å²) in [4.78, 5) is 0. The van der Waals surface area contributed by atoms with E-state index >= 15 is 0 Å². The van der Waals surface area contributed by atoms with Gasteiger partial charge in [0.2, 0.25) is 0 Å². The van der Waals surface area contributed by atoms with Gasteiger partial charge in [-0.25, -0.2) is 0 Å². The van der Waals surface area contributed by atoms with Crippen LogP contribution < -0.4 is 0 Å². The van der Waals surface area contributed by atoms with Crippen LogP contribution in [0.3, 0.4) is 0 Å². The Morgan fingerprint density at radius 2 is 0.750 bits per heavy atom. The van der Waals surface area contributed by atoms with Crippen molar-refractivity contribution < 1.29 is 25.6 Å². The van der Waals surface area contributed by atoms with Gasteiger partial charge in [-0.05, 0) is 0 Å². The molecular formula is H2O7Pb4S. The van der Waals surface area contributed by atoms with E-state index in [9.17, 15) is 0 Å². The number of hydrogen-bond acceptors (Lipinski definition) is 7. The molecule has 0 amide bonds. The van der Waals surface area contributed by atoms with Crippen molar-refractivity contribution in [3.05, 3.63) is 0 Å². The maximum atomic E-state index is 8.52. The van der Waals surface area contributed by atoms with Crippen molar-refractivity contribution in [3.8, 4) is 0 Å². The first-order valence-electron chi connectivity index (χ1n) is 1.28. The quantitative estimate of drug-likeness (QED) is 0.139. The third kappa shape index (κ3) is 212. The molecule has 0 atom stereocenters. The Morgan fingerprint density at radius 1 is 0.750 bits per heavy atom. The van der Waals surface area contributed by atoms with Crippen LogP contribution in [-0.4, -0.2) is 122 Å². The predicted octanol–water partition coefficient (Wildman–Crippen LogP) is -3.75. The van der Waals surface area contributed by atoms with Gasteiger partial charge in [0.1, 0.15) is 0 Å². The summed E-state index contributed by atoms with van der Waals surface area (Å²) in [6, 6.07) is 0. The average molecular weight is 975 g/mol. The second-order valence-electron chi connectivity index (χ2n) is 0.408. The van der Waals surface area contributed by atoms with E-state index in [0.29, 0.717) is 0 Å². The molecule has 66 valence electrons. The Labute approximate surface area is 138 Å². The summed E-state index contributed by atoms with van der Waals surface area (Å²) >= 11 is 0.167. The first kappa shape index (κ1) is 29.4. The topological polar surface area (TPSA) is 131 Å². The first-order chi connectivity index (χ1) is 5.00. The molecule has 0 saturated heterocycles. The minimum absolute atomic E-state index is 0. The molecule has 0 aromatic carbocycles. The van der Waals surface area contributed by atoms with Crippen molar-refractivity contribution in [2.24, 2.45) is 0 Å². The van der Waals surface area contributed by atoms with Crippen LogP contribution in [0.5, 0.6) is 0 Å². The van der Waals surface area contributed by atoms with E-state index in [4.69, 9.17) is 25.6 Å². The molecule has 0 fully saturated rings. The first-order valence-corrected chi connectivity index (χ1v) is 7.37. The molecule has 0 aliphatic rings. The Balaban J connectivity index is -0.0000000203. The molecule has 0 rings (SSSR count). The van der Waals surface area contributed by atoms with E-state index < -0.39 is 10.4 Å². The van der Waals surface area contributed by atoms with E-state index in [-0.39, 0.29) is 105 Å². The molecule has 0 aliphatic heterocycles. The van der Waals surface area contributed by atoms with Crippen LogP contribution in [-0.2, 0) is 18.5 Å². The Bertz CT molecular complexity index is 127. The van der Waals surface area contributed by atoms with E-state index in [1.165, 1.54) is 0 Å². The zero-order valence-electron chi connectivity index (χ0n) is 5.47. The standard InChI is InChI=1S/H2O4S.3O.4Pb.2H/c1-5(2,3)4;;;;;;;;;/h(H2,1,2,3,4);;;;;;;;;/q;;;;;;;+2;;/p-2. The Morgan fingerprint density at radius 3 is 0.750 bits per heavy atom. The second-order valence-corrected chi connectivity index (χ2v) is 1.22. The van der Waals surface area contributed by atoms with Crippen LogP contribution in [0, 0.1) is 0 Å². The maximum absolute atomic E-state index is 8.52. The summed E-state index contributed by atoms with van der Waals surface area (Å²) in [6.45, 7) is 0. The normalized spacial score (nSPS) is 5.83. The average Bonchev–Trinajstić information content (AvgIpc) is 1.96. The molecule has 0 aromatic rings. The van der Waals surface area contributed by atoms with Crippen molar-refractivity contribution in [1.29, 1.82) is 0 Å². The van der Waals surface area contributed by atoms with Crippen molar-refractivity contribution >= 4 is 115 Å². The van der Waals surface area contributed by atoms with Gasteiger partial charge in [-0.1, -0.05) is 0 Å². The second kappa shape index (κ2) is 29.2. The van der Waals surface area contributed by atoms with Gasteiger partial charge < -0.3 is 9.11 Å². The van der Waals surface area contributed by atoms with Gasteiger partial charge >= 0.3 is 113 Å².